The minimum absolute atomic E-state index is 0. The molecular weight excluding hydrogens is 189 g/mol. The van der Waals surface area contributed by atoms with Crippen molar-refractivity contribution in [2.75, 3.05) is 0 Å². The summed E-state index contributed by atoms with van der Waals surface area (Å²) in [4.78, 5) is 17.8. The van der Waals surface area contributed by atoms with Gasteiger partial charge in [0.25, 0.3) is 0 Å². The van der Waals surface area contributed by atoms with Crippen LogP contribution in [0.15, 0.2) is 29.6 Å². The van der Waals surface area contributed by atoms with Gasteiger partial charge in [0.15, 0.2) is 0 Å². The maximum atomic E-state index is 9.75. The predicted octanol–water partition coefficient (Wildman–Crippen LogP) is -1.54. The molecule has 0 aromatic carbocycles. The monoisotopic (exact) mass is 197 g/mol. The summed E-state index contributed by atoms with van der Waals surface area (Å²) < 4.78 is 0. The van der Waals surface area contributed by atoms with Gasteiger partial charge in [-0.25, -0.2) is 4.79 Å². The van der Waals surface area contributed by atoms with Crippen molar-refractivity contribution in [3.05, 3.63) is 34.4 Å². The quantitative estimate of drug-likeness (QED) is 0.191. The van der Waals surface area contributed by atoms with Crippen LogP contribution in [-0.2, 0) is 4.79 Å². The molecule has 62 valence electrons. The molecule has 0 aliphatic carbocycles. The fourth-order valence-corrected chi connectivity index (χ4v) is 0.249. The summed E-state index contributed by atoms with van der Waals surface area (Å²) in [6.07, 6.45) is 5.98. The van der Waals surface area contributed by atoms with Crippen LogP contribution >= 0.6 is 0 Å². The summed E-state index contributed by atoms with van der Waals surface area (Å²) in [6, 6.07) is 0. The Balaban J connectivity index is -0.000000177. The summed E-state index contributed by atoms with van der Waals surface area (Å²) in [6.45, 7) is 1.83. The number of rotatable bonds is 2. The first-order chi connectivity index (χ1) is 5.18. The fraction of sp³-hybridized carbons (Fsp3) is 0.167. The van der Waals surface area contributed by atoms with Crippen molar-refractivity contribution in [2.45, 2.75) is 6.92 Å². The molecule has 6 heteroatoms. The Labute approximate surface area is 113 Å². The van der Waals surface area contributed by atoms with Crippen LogP contribution in [0.5, 0.6) is 0 Å². The second-order valence-electron chi connectivity index (χ2n) is 1.30. The standard InChI is InChI=1S/C6H8O2.K.HNO2/c1-2-3-4-5-6(7)8;;2-1-3/h2-5H,1H3,(H,7,8);;(H,2,3)/q;+1;/p-1. The third-order valence-corrected chi connectivity index (χ3v) is 0.542. The fourth-order valence-electron chi connectivity index (χ4n) is 0.249. The molecule has 0 saturated heterocycles. The zero-order valence-electron chi connectivity index (χ0n) is 6.93. The van der Waals surface area contributed by atoms with Crippen molar-refractivity contribution in [3.8, 4) is 0 Å². The molecule has 0 atom stereocenters. The molecule has 0 aliphatic rings. The number of hydrogen-bond donors (Lipinski definition) is 1. The largest absolute Gasteiger partial charge is 1.00 e. The van der Waals surface area contributed by atoms with Gasteiger partial charge < -0.3 is 15.2 Å². The predicted molar refractivity (Wildman–Crippen MR) is 40.8 cm³/mol. The molecule has 0 radical (unpaired) electrons. The minimum atomic E-state index is -0.914. The Morgan fingerprint density at radius 1 is 1.50 bits per heavy atom. The molecule has 5 nitrogen and oxygen atoms in total. The van der Waals surface area contributed by atoms with Crippen LogP contribution in [0, 0.1) is 10.1 Å². The minimum Gasteiger partial charge on any atom is -0.478 e. The number of hydrogen-bond acceptors (Lipinski definition) is 4. The molecule has 0 saturated carbocycles. The van der Waals surface area contributed by atoms with E-state index < -0.39 is 5.97 Å². The average Bonchev–Trinajstić information content (AvgIpc) is 1.89. The van der Waals surface area contributed by atoms with Gasteiger partial charge in [0.2, 0.25) is 0 Å². The van der Waals surface area contributed by atoms with Gasteiger partial charge in [-0.3, -0.25) is 0 Å². The van der Waals surface area contributed by atoms with Gasteiger partial charge in [-0.15, -0.1) is 5.34 Å². The van der Waals surface area contributed by atoms with Crippen molar-refractivity contribution < 1.29 is 61.3 Å². The van der Waals surface area contributed by atoms with Crippen LogP contribution in [0.2, 0.25) is 0 Å². The molecule has 0 spiro atoms. The first-order valence-electron chi connectivity index (χ1n) is 2.66. The van der Waals surface area contributed by atoms with Crippen molar-refractivity contribution in [2.24, 2.45) is 5.34 Å². The summed E-state index contributed by atoms with van der Waals surface area (Å²) in [5, 5.41) is 17.0. The normalized spacial score (nSPS) is 8.42. The summed E-state index contributed by atoms with van der Waals surface area (Å²) >= 11 is 0. The van der Waals surface area contributed by atoms with Gasteiger partial charge in [0, 0.05) is 6.08 Å². The van der Waals surface area contributed by atoms with E-state index in [0.717, 1.165) is 11.4 Å². The van der Waals surface area contributed by atoms with Gasteiger partial charge >= 0.3 is 57.4 Å². The average molecular weight is 197 g/mol. The second kappa shape index (κ2) is 17.2. The molecule has 0 unspecified atom stereocenters. The van der Waals surface area contributed by atoms with E-state index in [1.807, 2.05) is 6.92 Å². The van der Waals surface area contributed by atoms with Gasteiger partial charge in [-0.05, 0) is 6.92 Å². The number of carboxylic acids is 1. The first-order valence-corrected chi connectivity index (χ1v) is 2.66. The smallest absolute Gasteiger partial charge is 0.478 e. The second-order valence-corrected chi connectivity index (χ2v) is 1.30. The topological polar surface area (TPSA) is 89.8 Å². The summed E-state index contributed by atoms with van der Waals surface area (Å²) in [7, 11) is 0. The Morgan fingerprint density at radius 2 is 1.92 bits per heavy atom. The number of allylic oxidation sites excluding steroid dienone is 3. The molecule has 0 aromatic rings. The van der Waals surface area contributed by atoms with Crippen LogP contribution in [0.3, 0.4) is 0 Å². The van der Waals surface area contributed by atoms with Crippen LogP contribution in [0.4, 0.5) is 0 Å². The van der Waals surface area contributed by atoms with E-state index >= 15 is 0 Å². The van der Waals surface area contributed by atoms with Crippen molar-refractivity contribution >= 4 is 5.97 Å². The molecular formula is C6H8KNO4. The van der Waals surface area contributed by atoms with Crippen molar-refractivity contribution in [1.82, 2.24) is 0 Å². The number of carboxylic acid groups (broad SMARTS) is 1. The molecule has 0 amide bonds. The van der Waals surface area contributed by atoms with Crippen LogP contribution in [0.25, 0.3) is 0 Å². The Morgan fingerprint density at radius 3 is 2.17 bits per heavy atom. The van der Waals surface area contributed by atoms with Gasteiger partial charge in [-0.1, -0.05) is 18.2 Å². The summed E-state index contributed by atoms with van der Waals surface area (Å²) in [5.74, 6) is -0.914. The maximum Gasteiger partial charge on any atom is 1.00 e. The molecule has 0 aliphatic heterocycles. The van der Waals surface area contributed by atoms with Crippen LogP contribution in [-0.4, -0.2) is 11.1 Å². The molecule has 0 bridgehead atoms. The molecule has 12 heavy (non-hydrogen) atoms. The van der Waals surface area contributed by atoms with E-state index in [0.29, 0.717) is 0 Å². The third-order valence-electron chi connectivity index (χ3n) is 0.542. The van der Waals surface area contributed by atoms with Gasteiger partial charge in [-0.2, -0.15) is 0 Å². The third kappa shape index (κ3) is 32.4. The Kier molecular flexibility index (Phi) is 25.6. The zero-order chi connectivity index (χ0) is 9.11. The van der Waals surface area contributed by atoms with E-state index in [-0.39, 0.29) is 51.4 Å². The van der Waals surface area contributed by atoms with Crippen molar-refractivity contribution in [3.63, 3.8) is 0 Å². The van der Waals surface area contributed by atoms with Gasteiger partial charge in [0.05, 0.1) is 0 Å². The van der Waals surface area contributed by atoms with E-state index in [9.17, 15) is 4.79 Å². The van der Waals surface area contributed by atoms with E-state index in [2.05, 4.69) is 0 Å². The zero-order valence-corrected chi connectivity index (χ0v) is 10.1. The van der Waals surface area contributed by atoms with E-state index in [1.54, 1.807) is 12.2 Å². The van der Waals surface area contributed by atoms with Crippen LogP contribution in [0.1, 0.15) is 6.92 Å². The molecule has 0 rings (SSSR count). The maximum absolute atomic E-state index is 9.75. The number of carbonyl (C=O) groups is 1. The molecule has 0 aromatic heterocycles. The summed E-state index contributed by atoms with van der Waals surface area (Å²) in [5.41, 5.74) is 0. The molecule has 1 N–H and O–H groups in total. The Hall–Kier alpha value is -0.0136. The molecule has 0 fully saturated rings. The SMILES string of the molecule is CC=CC=CC(=O)O.O=N[O-].[K+]. The molecule has 0 heterocycles. The number of nitrogens with zero attached hydrogens (tertiary/aromatic N) is 1. The first kappa shape index (κ1) is 17.9. The number of aliphatic carboxylic acids is 1. The van der Waals surface area contributed by atoms with Gasteiger partial charge in [0.1, 0.15) is 0 Å². The van der Waals surface area contributed by atoms with E-state index in [1.165, 1.54) is 6.08 Å². The van der Waals surface area contributed by atoms with Crippen molar-refractivity contribution in [1.29, 1.82) is 0 Å². The van der Waals surface area contributed by atoms with Crippen LogP contribution < -0.4 is 51.4 Å². The van der Waals surface area contributed by atoms with E-state index in [4.69, 9.17) is 15.2 Å². The Bertz CT molecular complexity index is 167.